The molecule has 2 nitrogen and oxygen atoms in total. The summed E-state index contributed by atoms with van der Waals surface area (Å²) >= 11 is 0. The maximum absolute atomic E-state index is 12.8. The molecule has 1 fully saturated rings. The third-order valence-electron chi connectivity index (χ3n) is 3.47. The average molecular weight is 223 g/mol. The highest BCUT2D eigenvalue weighted by molar-refractivity contribution is 5.22. The number of halogens is 1. The number of aliphatic hydroxyl groups is 1. The van der Waals surface area contributed by atoms with Crippen molar-refractivity contribution in [2.75, 3.05) is 26.7 Å². The molecule has 0 bridgehead atoms. The number of nitrogens with zero attached hydrogens (tertiary/aromatic N) is 1. The number of likely N-dealkylation sites (tertiary alicyclic amines) is 1. The summed E-state index contributed by atoms with van der Waals surface area (Å²) < 4.78 is 12.8. The van der Waals surface area contributed by atoms with Crippen LogP contribution in [0.25, 0.3) is 0 Å². The van der Waals surface area contributed by atoms with Gasteiger partial charge in [0.2, 0.25) is 0 Å². The minimum absolute atomic E-state index is 0.197. The molecule has 2 rings (SSSR count). The molecular weight excluding hydrogens is 205 g/mol. The van der Waals surface area contributed by atoms with Crippen molar-refractivity contribution in [3.8, 4) is 0 Å². The van der Waals surface area contributed by atoms with Gasteiger partial charge in [-0.1, -0.05) is 12.1 Å². The first kappa shape index (κ1) is 11.6. The second-order valence-corrected chi connectivity index (χ2v) is 4.65. The number of benzene rings is 1. The molecule has 16 heavy (non-hydrogen) atoms. The molecule has 0 aliphatic carbocycles. The Hall–Kier alpha value is -0.930. The van der Waals surface area contributed by atoms with Gasteiger partial charge >= 0.3 is 0 Å². The van der Waals surface area contributed by atoms with Crippen molar-refractivity contribution >= 4 is 0 Å². The Balaban J connectivity index is 2.15. The SMILES string of the molecule is CN1CC[C@@H](c2ccc(F)cc2)[C@H](CO)C1. The Bertz CT molecular complexity index is 338. The summed E-state index contributed by atoms with van der Waals surface area (Å²) in [6.07, 6.45) is 1.04. The van der Waals surface area contributed by atoms with E-state index in [0.717, 1.165) is 25.1 Å². The van der Waals surface area contributed by atoms with Crippen LogP contribution in [0.2, 0.25) is 0 Å². The lowest BCUT2D eigenvalue weighted by Crippen LogP contribution is -2.38. The second kappa shape index (κ2) is 4.93. The van der Waals surface area contributed by atoms with Crippen LogP contribution in [0.15, 0.2) is 24.3 Å². The van der Waals surface area contributed by atoms with E-state index >= 15 is 0 Å². The molecule has 0 spiro atoms. The predicted octanol–water partition coefficient (Wildman–Crippen LogP) is 1.85. The van der Waals surface area contributed by atoms with Crippen LogP contribution < -0.4 is 0 Å². The Morgan fingerprint density at radius 1 is 1.38 bits per heavy atom. The van der Waals surface area contributed by atoms with Gasteiger partial charge in [-0.15, -0.1) is 0 Å². The first-order valence-electron chi connectivity index (χ1n) is 5.75. The van der Waals surface area contributed by atoms with Gasteiger partial charge in [0.25, 0.3) is 0 Å². The Labute approximate surface area is 95.7 Å². The molecule has 1 aliphatic rings. The van der Waals surface area contributed by atoms with Crippen LogP contribution in [0.4, 0.5) is 4.39 Å². The Morgan fingerprint density at radius 2 is 2.06 bits per heavy atom. The zero-order valence-electron chi connectivity index (χ0n) is 9.56. The van der Waals surface area contributed by atoms with Crippen LogP contribution in [-0.4, -0.2) is 36.8 Å². The molecule has 88 valence electrons. The summed E-state index contributed by atoms with van der Waals surface area (Å²) in [5, 5.41) is 9.39. The molecule has 0 aromatic heterocycles. The highest BCUT2D eigenvalue weighted by Gasteiger charge is 2.28. The van der Waals surface area contributed by atoms with Crippen LogP contribution >= 0.6 is 0 Å². The van der Waals surface area contributed by atoms with E-state index in [4.69, 9.17) is 0 Å². The van der Waals surface area contributed by atoms with Crippen molar-refractivity contribution < 1.29 is 9.50 Å². The highest BCUT2D eigenvalue weighted by Crippen LogP contribution is 2.32. The second-order valence-electron chi connectivity index (χ2n) is 4.65. The van der Waals surface area contributed by atoms with E-state index in [9.17, 15) is 9.50 Å². The molecule has 0 radical (unpaired) electrons. The van der Waals surface area contributed by atoms with Gasteiger partial charge in [-0.05, 0) is 43.6 Å². The fourth-order valence-electron chi connectivity index (χ4n) is 2.55. The summed E-state index contributed by atoms with van der Waals surface area (Å²) in [5.74, 6) is 0.434. The Kier molecular flexibility index (Phi) is 3.56. The summed E-state index contributed by atoms with van der Waals surface area (Å²) in [6.45, 7) is 2.16. The third kappa shape index (κ3) is 2.42. The molecule has 0 amide bonds. The summed E-state index contributed by atoms with van der Waals surface area (Å²) in [4.78, 5) is 2.24. The summed E-state index contributed by atoms with van der Waals surface area (Å²) in [5.41, 5.74) is 1.15. The maximum Gasteiger partial charge on any atom is 0.123 e. The van der Waals surface area contributed by atoms with E-state index < -0.39 is 0 Å². The van der Waals surface area contributed by atoms with Gasteiger partial charge in [-0.3, -0.25) is 0 Å². The predicted molar refractivity (Wildman–Crippen MR) is 61.8 cm³/mol. The van der Waals surface area contributed by atoms with Gasteiger partial charge < -0.3 is 10.0 Å². The topological polar surface area (TPSA) is 23.5 Å². The van der Waals surface area contributed by atoms with Crippen LogP contribution in [0.5, 0.6) is 0 Å². The normalized spacial score (nSPS) is 26.9. The molecule has 0 unspecified atom stereocenters. The van der Waals surface area contributed by atoms with Gasteiger partial charge in [0.05, 0.1) is 0 Å². The molecule has 3 heteroatoms. The monoisotopic (exact) mass is 223 g/mol. The molecule has 1 aliphatic heterocycles. The maximum atomic E-state index is 12.8. The summed E-state index contributed by atoms with van der Waals surface area (Å²) in [6, 6.07) is 6.69. The lowest BCUT2D eigenvalue weighted by atomic mass is 9.81. The van der Waals surface area contributed by atoms with Crippen LogP contribution in [-0.2, 0) is 0 Å². The highest BCUT2D eigenvalue weighted by atomic mass is 19.1. The van der Waals surface area contributed by atoms with E-state index in [2.05, 4.69) is 11.9 Å². The van der Waals surface area contributed by atoms with Crippen LogP contribution in [0.3, 0.4) is 0 Å². The van der Waals surface area contributed by atoms with E-state index in [0.29, 0.717) is 5.92 Å². The van der Waals surface area contributed by atoms with Crippen LogP contribution in [0.1, 0.15) is 17.9 Å². The molecule has 1 aromatic carbocycles. The van der Waals surface area contributed by atoms with E-state index in [1.165, 1.54) is 12.1 Å². The molecule has 1 heterocycles. The number of piperidine rings is 1. The molecule has 2 atom stereocenters. The first-order chi connectivity index (χ1) is 7.70. The number of aliphatic hydroxyl groups excluding tert-OH is 1. The van der Waals surface area contributed by atoms with Crippen molar-refractivity contribution in [1.82, 2.24) is 4.90 Å². The van der Waals surface area contributed by atoms with Gasteiger partial charge in [-0.2, -0.15) is 0 Å². The zero-order chi connectivity index (χ0) is 11.5. The molecule has 1 aromatic rings. The largest absolute Gasteiger partial charge is 0.396 e. The molecule has 1 saturated heterocycles. The van der Waals surface area contributed by atoms with Gasteiger partial charge in [0.1, 0.15) is 5.82 Å². The van der Waals surface area contributed by atoms with E-state index in [1.807, 2.05) is 12.1 Å². The fourth-order valence-corrected chi connectivity index (χ4v) is 2.55. The van der Waals surface area contributed by atoms with E-state index in [1.54, 1.807) is 0 Å². The quantitative estimate of drug-likeness (QED) is 0.827. The fraction of sp³-hybridized carbons (Fsp3) is 0.538. The van der Waals surface area contributed by atoms with Crippen LogP contribution in [0, 0.1) is 11.7 Å². The minimum Gasteiger partial charge on any atom is -0.396 e. The average Bonchev–Trinajstić information content (AvgIpc) is 2.30. The number of hydrogen-bond donors (Lipinski definition) is 1. The zero-order valence-corrected chi connectivity index (χ0v) is 9.56. The van der Waals surface area contributed by atoms with Gasteiger partial charge in [0, 0.05) is 19.1 Å². The van der Waals surface area contributed by atoms with Crippen molar-refractivity contribution in [2.45, 2.75) is 12.3 Å². The lowest BCUT2D eigenvalue weighted by Gasteiger charge is -2.36. The first-order valence-corrected chi connectivity index (χ1v) is 5.75. The van der Waals surface area contributed by atoms with Crippen molar-refractivity contribution in [3.63, 3.8) is 0 Å². The van der Waals surface area contributed by atoms with E-state index in [-0.39, 0.29) is 18.3 Å². The summed E-state index contributed by atoms with van der Waals surface area (Å²) in [7, 11) is 2.07. The standard InChI is InChI=1S/C13H18FNO/c1-15-7-6-13(11(8-15)9-16)10-2-4-12(14)5-3-10/h2-5,11,13,16H,6-9H2,1H3/t11-,13-/m0/s1. The molecule has 1 N–H and O–H groups in total. The minimum atomic E-state index is -0.197. The number of rotatable bonds is 2. The van der Waals surface area contributed by atoms with Crippen molar-refractivity contribution in [1.29, 1.82) is 0 Å². The number of hydrogen-bond acceptors (Lipinski definition) is 2. The molecule has 0 saturated carbocycles. The van der Waals surface area contributed by atoms with Gasteiger partial charge in [0.15, 0.2) is 0 Å². The van der Waals surface area contributed by atoms with Crippen molar-refractivity contribution in [3.05, 3.63) is 35.6 Å². The molecular formula is C13H18FNO. The lowest BCUT2D eigenvalue weighted by molar-refractivity contribution is 0.118. The Morgan fingerprint density at radius 3 is 2.69 bits per heavy atom. The van der Waals surface area contributed by atoms with Crippen molar-refractivity contribution in [2.24, 2.45) is 5.92 Å². The van der Waals surface area contributed by atoms with Gasteiger partial charge in [-0.25, -0.2) is 4.39 Å². The third-order valence-corrected chi connectivity index (χ3v) is 3.47. The smallest absolute Gasteiger partial charge is 0.123 e.